The maximum Gasteiger partial charge on any atom is 0.0361 e. The van der Waals surface area contributed by atoms with Gasteiger partial charge in [-0.2, -0.15) is 48.8 Å². The molecule has 12 heavy (non-hydrogen) atoms. The van der Waals surface area contributed by atoms with Crippen LogP contribution in [-0.4, -0.2) is 21.7 Å². The fraction of sp³-hybridized carbons (Fsp3) is 1.00. The van der Waals surface area contributed by atoms with Crippen LogP contribution in [0.1, 0.15) is 25.7 Å². The Morgan fingerprint density at radius 2 is 1.08 bits per heavy atom. The van der Waals surface area contributed by atoms with Gasteiger partial charge in [-0.05, 0) is 24.3 Å². The Labute approximate surface area is 95.9 Å². The highest BCUT2D eigenvalue weighted by molar-refractivity contribution is 8.09. The summed E-state index contributed by atoms with van der Waals surface area (Å²) in [6.45, 7) is 0. The number of thioether (sulfide) groups is 2. The van der Waals surface area contributed by atoms with E-state index in [1.807, 2.05) is 23.5 Å². The zero-order valence-corrected chi connectivity index (χ0v) is 10.8. The molecule has 0 rings (SSSR count). The summed E-state index contributed by atoms with van der Waals surface area (Å²) in [5.74, 6) is 2.56. The normalized spacial score (nSPS) is 10.5. The third kappa shape index (κ3) is 11.4. The van der Waals surface area contributed by atoms with Gasteiger partial charge in [-0.25, -0.2) is 0 Å². The molecule has 0 N–H and O–H groups in total. The molecule has 0 aliphatic rings. The molecule has 0 radical (unpaired) electrons. The van der Waals surface area contributed by atoms with Crippen LogP contribution in [-0.2, 0) is 0 Å². The maximum atomic E-state index is 4.14. The van der Waals surface area contributed by atoms with Gasteiger partial charge >= 0.3 is 0 Å². The summed E-state index contributed by atoms with van der Waals surface area (Å²) < 4.78 is 0. The molecule has 0 aromatic carbocycles. The van der Waals surface area contributed by atoms with Gasteiger partial charge in [0, 0.05) is 10.2 Å². The summed E-state index contributed by atoms with van der Waals surface area (Å²) in [5, 5.41) is 1.94. The van der Waals surface area contributed by atoms with E-state index in [0.717, 1.165) is 10.2 Å². The van der Waals surface area contributed by atoms with Crippen molar-refractivity contribution in [3.63, 3.8) is 0 Å². The van der Waals surface area contributed by atoms with E-state index in [2.05, 4.69) is 25.3 Å². The summed E-state index contributed by atoms with van der Waals surface area (Å²) in [6, 6.07) is 0. The van der Waals surface area contributed by atoms with Crippen molar-refractivity contribution >= 4 is 48.8 Å². The molecule has 0 atom stereocenters. The van der Waals surface area contributed by atoms with Crippen molar-refractivity contribution in [2.45, 2.75) is 25.7 Å². The molecule has 0 heterocycles. The van der Waals surface area contributed by atoms with Crippen LogP contribution >= 0.6 is 48.8 Å². The number of hydrogen-bond acceptors (Lipinski definition) is 4. The second-order valence-corrected chi connectivity index (χ2v) is 6.19. The Balaban J connectivity index is 2.73. The first kappa shape index (κ1) is 13.4. The average Bonchev–Trinajstić information content (AvgIpc) is 2.10. The first-order valence-electron chi connectivity index (χ1n) is 4.29. The van der Waals surface area contributed by atoms with Gasteiger partial charge in [-0.15, -0.1) is 0 Å². The predicted octanol–water partition coefficient (Wildman–Crippen LogP) is 3.79. The lowest BCUT2D eigenvalue weighted by molar-refractivity contribution is 0.711. The molecule has 74 valence electrons. The zero-order valence-electron chi connectivity index (χ0n) is 7.37. The Bertz CT molecular complexity index is 67.5. The first-order chi connectivity index (χ1) is 5.91. The van der Waals surface area contributed by atoms with E-state index < -0.39 is 0 Å². The topological polar surface area (TPSA) is 0 Å². The largest absolute Gasteiger partial charge is 0.168 e. The molecular weight excluding hydrogens is 224 g/mol. The summed E-state index contributed by atoms with van der Waals surface area (Å²) in [6.07, 6.45) is 5.48. The third-order valence-corrected chi connectivity index (χ3v) is 4.13. The van der Waals surface area contributed by atoms with Gasteiger partial charge in [0.2, 0.25) is 0 Å². The second-order valence-electron chi connectivity index (χ2n) is 2.49. The van der Waals surface area contributed by atoms with E-state index in [1.165, 1.54) is 37.2 Å². The van der Waals surface area contributed by atoms with Gasteiger partial charge in [0.05, 0.1) is 0 Å². The van der Waals surface area contributed by atoms with Crippen LogP contribution in [0.5, 0.6) is 0 Å². The van der Waals surface area contributed by atoms with Gasteiger partial charge in [0.25, 0.3) is 0 Å². The van der Waals surface area contributed by atoms with Crippen LogP contribution in [0.2, 0.25) is 0 Å². The Morgan fingerprint density at radius 1 is 0.667 bits per heavy atom. The monoisotopic (exact) mass is 242 g/mol. The quantitative estimate of drug-likeness (QED) is 0.359. The van der Waals surface area contributed by atoms with Crippen LogP contribution in [0.25, 0.3) is 0 Å². The molecule has 0 fully saturated rings. The van der Waals surface area contributed by atoms with Gasteiger partial charge in [-0.1, -0.05) is 12.8 Å². The Hall–Kier alpha value is 1.40. The van der Waals surface area contributed by atoms with E-state index in [-0.39, 0.29) is 0 Å². The van der Waals surface area contributed by atoms with Crippen LogP contribution < -0.4 is 0 Å². The first-order valence-corrected chi connectivity index (χ1v) is 7.86. The molecular formula is C8H18S4. The van der Waals surface area contributed by atoms with Crippen LogP contribution in [0.15, 0.2) is 0 Å². The van der Waals surface area contributed by atoms with Crippen molar-refractivity contribution in [2.75, 3.05) is 21.7 Å². The van der Waals surface area contributed by atoms with Gasteiger partial charge in [0.1, 0.15) is 0 Å². The molecule has 0 aromatic heterocycles. The van der Waals surface area contributed by atoms with Crippen LogP contribution in [0.4, 0.5) is 0 Å². The molecule has 0 aliphatic carbocycles. The van der Waals surface area contributed by atoms with Crippen LogP contribution in [0.3, 0.4) is 0 Å². The number of rotatable bonds is 9. The van der Waals surface area contributed by atoms with E-state index in [1.54, 1.807) is 0 Å². The molecule has 0 aliphatic heterocycles. The zero-order chi connectivity index (χ0) is 9.07. The minimum absolute atomic E-state index is 0.968. The number of unbranched alkanes of at least 4 members (excludes halogenated alkanes) is 3. The minimum atomic E-state index is 0.968. The van der Waals surface area contributed by atoms with E-state index in [9.17, 15) is 0 Å². The van der Waals surface area contributed by atoms with Crippen molar-refractivity contribution in [1.29, 1.82) is 0 Å². The molecule has 4 heteroatoms. The standard InChI is InChI=1S/C8H18S4/c9-7-11-5-3-1-2-4-6-12-8-10/h9-10H,1-8H2. The van der Waals surface area contributed by atoms with Crippen molar-refractivity contribution in [3.8, 4) is 0 Å². The highest BCUT2D eigenvalue weighted by atomic mass is 32.2. The lowest BCUT2D eigenvalue weighted by atomic mass is 10.2. The molecule has 0 saturated carbocycles. The lowest BCUT2D eigenvalue weighted by Crippen LogP contribution is -1.84. The molecule has 0 bridgehead atoms. The Morgan fingerprint density at radius 3 is 1.42 bits per heavy atom. The third-order valence-electron chi connectivity index (χ3n) is 1.51. The average molecular weight is 242 g/mol. The van der Waals surface area contributed by atoms with Gasteiger partial charge in [-0.3, -0.25) is 0 Å². The smallest absolute Gasteiger partial charge is 0.0361 e. The lowest BCUT2D eigenvalue weighted by Gasteiger charge is -1.99. The second kappa shape index (κ2) is 12.4. The van der Waals surface area contributed by atoms with E-state index in [4.69, 9.17) is 0 Å². The van der Waals surface area contributed by atoms with Crippen molar-refractivity contribution in [1.82, 2.24) is 0 Å². The fourth-order valence-corrected chi connectivity index (χ4v) is 2.74. The summed E-state index contributed by atoms with van der Waals surface area (Å²) in [5.41, 5.74) is 0. The van der Waals surface area contributed by atoms with Gasteiger partial charge in [0.15, 0.2) is 0 Å². The molecule has 0 nitrogen and oxygen atoms in total. The van der Waals surface area contributed by atoms with Gasteiger partial charge < -0.3 is 0 Å². The summed E-state index contributed by atoms with van der Waals surface area (Å²) in [4.78, 5) is 0. The highest BCUT2D eigenvalue weighted by Gasteiger charge is 1.90. The highest BCUT2D eigenvalue weighted by Crippen LogP contribution is 2.11. The van der Waals surface area contributed by atoms with Crippen molar-refractivity contribution in [2.24, 2.45) is 0 Å². The Kier molecular flexibility index (Phi) is 13.8. The summed E-state index contributed by atoms with van der Waals surface area (Å²) in [7, 11) is 0. The van der Waals surface area contributed by atoms with E-state index in [0.29, 0.717) is 0 Å². The molecule has 0 unspecified atom stereocenters. The minimum Gasteiger partial charge on any atom is -0.168 e. The predicted molar refractivity (Wildman–Crippen MR) is 71.1 cm³/mol. The molecule has 0 amide bonds. The van der Waals surface area contributed by atoms with Crippen LogP contribution in [0, 0.1) is 0 Å². The number of hydrogen-bond donors (Lipinski definition) is 2. The maximum absolute atomic E-state index is 4.14. The molecule has 0 saturated heterocycles. The van der Waals surface area contributed by atoms with Crippen molar-refractivity contribution in [3.05, 3.63) is 0 Å². The fourth-order valence-electron chi connectivity index (χ4n) is 0.891. The number of thiol groups is 2. The molecule has 0 aromatic rings. The van der Waals surface area contributed by atoms with Crippen molar-refractivity contribution < 1.29 is 0 Å². The summed E-state index contributed by atoms with van der Waals surface area (Å²) >= 11 is 12.1. The molecule has 0 spiro atoms. The SMILES string of the molecule is SCSCCCCCCSCS. The van der Waals surface area contributed by atoms with E-state index >= 15 is 0 Å².